The number of amidine groups is 1. The molecule has 0 aromatic rings. The minimum Gasteiger partial charge on any atom is -0.409 e. The van der Waals surface area contributed by atoms with Crippen molar-refractivity contribution in [3.05, 3.63) is 0 Å². The highest BCUT2D eigenvalue weighted by atomic mass is 16.4. The summed E-state index contributed by atoms with van der Waals surface area (Å²) in [6.07, 6.45) is 1.90. The lowest BCUT2D eigenvalue weighted by Crippen LogP contribution is -2.49. The third-order valence-electron chi connectivity index (χ3n) is 3.31. The van der Waals surface area contributed by atoms with E-state index in [4.69, 9.17) is 10.9 Å². The van der Waals surface area contributed by atoms with Gasteiger partial charge in [-0.3, -0.25) is 4.79 Å². The molecule has 0 aliphatic heterocycles. The summed E-state index contributed by atoms with van der Waals surface area (Å²) in [5, 5.41) is 14.7. The predicted molar refractivity (Wildman–Crippen MR) is 72.6 cm³/mol. The van der Waals surface area contributed by atoms with Crippen LogP contribution in [-0.4, -0.2) is 49.0 Å². The lowest BCUT2D eigenvalue weighted by atomic mass is 9.80. The largest absolute Gasteiger partial charge is 0.409 e. The highest BCUT2D eigenvalue weighted by Gasteiger charge is 2.39. The van der Waals surface area contributed by atoms with Crippen LogP contribution in [-0.2, 0) is 4.79 Å². The molecule has 0 fully saturated rings. The predicted octanol–water partition coefficient (Wildman–Crippen LogP) is 0.607. The molecule has 0 saturated carbocycles. The van der Waals surface area contributed by atoms with Crippen LogP contribution in [0.3, 0.4) is 0 Å². The van der Waals surface area contributed by atoms with Gasteiger partial charge < -0.3 is 21.2 Å². The van der Waals surface area contributed by atoms with Crippen LogP contribution in [0.2, 0.25) is 0 Å². The lowest BCUT2D eigenvalue weighted by molar-refractivity contribution is -0.128. The molecule has 6 heteroatoms. The smallest absolute Gasteiger partial charge is 0.233 e. The first kappa shape index (κ1) is 16.7. The zero-order valence-electron chi connectivity index (χ0n) is 11.9. The first-order chi connectivity index (χ1) is 8.44. The number of oxime groups is 1. The fourth-order valence-corrected chi connectivity index (χ4v) is 1.91. The van der Waals surface area contributed by atoms with Gasteiger partial charge in [0.1, 0.15) is 5.41 Å². The van der Waals surface area contributed by atoms with Crippen molar-refractivity contribution in [2.75, 3.05) is 27.2 Å². The molecule has 106 valence electrons. The second kappa shape index (κ2) is 7.92. The van der Waals surface area contributed by atoms with Gasteiger partial charge in [-0.15, -0.1) is 0 Å². The Balaban J connectivity index is 4.50. The summed E-state index contributed by atoms with van der Waals surface area (Å²) in [6.45, 7) is 5.23. The second-order valence-corrected chi connectivity index (χ2v) is 4.69. The van der Waals surface area contributed by atoms with Crippen molar-refractivity contribution in [3.8, 4) is 0 Å². The summed E-state index contributed by atoms with van der Waals surface area (Å²) in [4.78, 5) is 14.2. The number of amides is 1. The number of rotatable bonds is 8. The highest BCUT2D eigenvalue weighted by Crippen LogP contribution is 2.26. The molecule has 0 aromatic carbocycles. The molecule has 1 amide bonds. The number of nitrogens with one attached hydrogen (secondary N) is 1. The van der Waals surface area contributed by atoms with Crippen LogP contribution in [0.5, 0.6) is 0 Å². The molecule has 0 aromatic heterocycles. The van der Waals surface area contributed by atoms with E-state index in [2.05, 4.69) is 15.4 Å². The van der Waals surface area contributed by atoms with E-state index in [9.17, 15) is 4.79 Å². The Morgan fingerprint density at radius 3 is 2.33 bits per heavy atom. The summed E-state index contributed by atoms with van der Waals surface area (Å²) < 4.78 is 0. The van der Waals surface area contributed by atoms with E-state index < -0.39 is 5.41 Å². The minimum absolute atomic E-state index is 0.0161. The van der Waals surface area contributed by atoms with Crippen LogP contribution >= 0.6 is 0 Å². The molecule has 0 spiro atoms. The topological polar surface area (TPSA) is 91.0 Å². The van der Waals surface area contributed by atoms with Crippen molar-refractivity contribution in [3.63, 3.8) is 0 Å². The number of hydrogen-bond donors (Lipinski definition) is 3. The summed E-state index contributed by atoms with van der Waals surface area (Å²) in [7, 11) is 3.97. The maximum atomic E-state index is 12.2. The van der Waals surface area contributed by atoms with Crippen molar-refractivity contribution in [2.24, 2.45) is 16.3 Å². The van der Waals surface area contributed by atoms with Crippen LogP contribution in [0.1, 0.15) is 33.1 Å². The maximum Gasteiger partial charge on any atom is 0.233 e. The van der Waals surface area contributed by atoms with E-state index in [0.717, 1.165) is 13.0 Å². The first-order valence-corrected chi connectivity index (χ1v) is 6.35. The van der Waals surface area contributed by atoms with Crippen molar-refractivity contribution in [1.29, 1.82) is 0 Å². The Hall–Kier alpha value is -1.30. The van der Waals surface area contributed by atoms with Gasteiger partial charge in [-0.25, -0.2) is 0 Å². The van der Waals surface area contributed by atoms with Crippen molar-refractivity contribution in [2.45, 2.75) is 33.1 Å². The minimum atomic E-state index is -0.896. The molecule has 18 heavy (non-hydrogen) atoms. The maximum absolute atomic E-state index is 12.2. The normalized spacial score (nSPS) is 12.8. The Labute approximate surface area is 109 Å². The molecule has 0 radical (unpaired) electrons. The van der Waals surface area contributed by atoms with E-state index in [1.165, 1.54) is 0 Å². The average molecular weight is 258 g/mol. The van der Waals surface area contributed by atoms with Crippen LogP contribution in [0.15, 0.2) is 5.16 Å². The Morgan fingerprint density at radius 2 is 1.94 bits per heavy atom. The molecule has 0 atom stereocenters. The Kier molecular flexibility index (Phi) is 7.35. The van der Waals surface area contributed by atoms with Crippen molar-refractivity contribution in [1.82, 2.24) is 10.2 Å². The number of hydrogen-bond acceptors (Lipinski definition) is 4. The van der Waals surface area contributed by atoms with E-state index in [1.54, 1.807) is 0 Å². The fourth-order valence-electron chi connectivity index (χ4n) is 1.91. The molecule has 0 bridgehead atoms. The molecule has 0 saturated heterocycles. The van der Waals surface area contributed by atoms with Gasteiger partial charge >= 0.3 is 0 Å². The van der Waals surface area contributed by atoms with E-state index in [-0.39, 0.29) is 11.7 Å². The van der Waals surface area contributed by atoms with Gasteiger partial charge in [0.2, 0.25) is 5.91 Å². The third-order valence-corrected chi connectivity index (χ3v) is 3.31. The molecule has 0 unspecified atom stereocenters. The lowest BCUT2D eigenvalue weighted by Gasteiger charge is -2.28. The fraction of sp³-hybridized carbons (Fsp3) is 0.833. The van der Waals surface area contributed by atoms with Gasteiger partial charge in [-0.2, -0.15) is 0 Å². The number of carbonyl (C=O) groups is 1. The van der Waals surface area contributed by atoms with Crippen molar-refractivity contribution < 1.29 is 10.0 Å². The van der Waals surface area contributed by atoms with Crippen LogP contribution < -0.4 is 11.1 Å². The Morgan fingerprint density at radius 1 is 1.39 bits per heavy atom. The molecular weight excluding hydrogens is 232 g/mol. The molecule has 0 aliphatic rings. The summed E-state index contributed by atoms with van der Waals surface area (Å²) in [5.74, 6) is -0.181. The highest BCUT2D eigenvalue weighted by molar-refractivity contribution is 6.06. The zero-order valence-corrected chi connectivity index (χ0v) is 11.9. The van der Waals surface area contributed by atoms with Crippen LogP contribution in [0.4, 0.5) is 0 Å². The molecule has 6 nitrogen and oxygen atoms in total. The standard InChI is InChI=1S/C12H26N4O2/c1-5-12(6-2,10(13)15-18)11(17)14-8-7-9-16(3)4/h18H,5-9H2,1-4H3,(H2,13,15)(H,14,17). The molecular formula is C12H26N4O2. The molecule has 0 aliphatic carbocycles. The Bertz CT molecular complexity index is 286. The van der Waals surface area contributed by atoms with Crippen LogP contribution in [0.25, 0.3) is 0 Å². The number of carbonyl (C=O) groups excluding carboxylic acids is 1. The quantitative estimate of drug-likeness (QED) is 0.195. The summed E-state index contributed by atoms with van der Waals surface area (Å²) in [5.41, 5.74) is 4.76. The van der Waals surface area contributed by atoms with Gasteiger partial charge in [-0.1, -0.05) is 19.0 Å². The van der Waals surface area contributed by atoms with Crippen LogP contribution in [0, 0.1) is 5.41 Å². The molecule has 4 N–H and O–H groups in total. The number of nitrogens with two attached hydrogens (primary N) is 1. The zero-order chi connectivity index (χ0) is 14.2. The SMILES string of the molecule is CCC(CC)(C(=O)NCCCN(C)C)C(N)=NO. The van der Waals surface area contributed by atoms with Crippen molar-refractivity contribution >= 4 is 11.7 Å². The third kappa shape index (κ3) is 4.18. The molecule has 0 heterocycles. The van der Waals surface area contributed by atoms with Gasteiger partial charge in [0.05, 0.1) is 0 Å². The number of nitrogens with zero attached hydrogens (tertiary/aromatic N) is 2. The summed E-state index contributed by atoms with van der Waals surface area (Å²) >= 11 is 0. The molecule has 0 rings (SSSR count). The second-order valence-electron chi connectivity index (χ2n) is 4.69. The first-order valence-electron chi connectivity index (χ1n) is 6.35. The van der Waals surface area contributed by atoms with E-state index >= 15 is 0 Å². The summed E-state index contributed by atoms with van der Waals surface area (Å²) in [6, 6.07) is 0. The van der Waals surface area contributed by atoms with Gasteiger partial charge in [0.25, 0.3) is 0 Å². The monoisotopic (exact) mass is 258 g/mol. The van der Waals surface area contributed by atoms with E-state index in [0.29, 0.717) is 19.4 Å². The van der Waals surface area contributed by atoms with E-state index in [1.807, 2.05) is 27.9 Å². The average Bonchev–Trinajstić information content (AvgIpc) is 2.36. The van der Waals surface area contributed by atoms with Gasteiger partial charge in [-0.05, 0) is 39.9 Å². The van der Waals surface area contributed by atoms with Gasteiger partial charge in [0, 0.05) is 6.54 Å². The van der Waals surface area contributed by atoms with Gasteiger partial charge in [0.15, 0.2) is 5.84 Å².